The fourth-order valence-corrected chi connectivity index (χ4v) is 4.03. The van der Waals surface area contributed by atoms with Gasteiger partial charge in [0.25, 0.3) is 11.6 Å². The molecule has 0 saturated heterocycles. The summed E-state index contributed by atoms with van der Waals surface area (Å²) >= 11 is 8.42. The van der Waals surface area contributed by atoms with E-state index in [-0.39, 0.29) is 21.4 Å². The summed E-state index contributed by atoms with van der Waals surface area (Å²) < 4.78 is 0.625. The van der Waals surface area contributed by atoms with Crippen LogP contribution in [0.1, 0.15) is 21.5 Å². The van der Waals surface area contributed by atoms with Crippen LogP contribution in [0, 0.1) is 21.4 Å². The Hall–Kier alpha value is -3.00. The van der Waals surface area contributed by atoms with Crippen molar-refractivity contribution in [3.63, 3.8) is 0 Å². The summed E-state index contributed by atoms with van der Waals surface area (Å²) in [6.45, 7) is 0. The third-order valence-electron chi connectivity index (χ3n) is 3.47. The molecule has 0 spiro atoms. The maximum absolute atomic E-state index is 12.4. The first-order chi connectivity index (χ1) is 13.5. The van der Waals surface area contributed by atoms with Crippen molar-refractivity contribution < 1.29 is 9.72 Å². The van der Waals surface area contributed by atoms with E-state index in [4.69, 9.17) is 16.9 Å². The average molecular weight is 432 g/mol. The molecule has 2 aromatic carbocycles. The van der Waals surface area contributed by atoms with Crippen LogP contribution in [0.2, 0.25) is 5.02 Å². The number of benzene rings is 2. The highest BCUT2D eigenvalue weighted by atomic mass is 35.5. The monoisotopic (exact) mass is 431 g/mol. The lowest BCUT2D eigenvalue weighted by Crippen LogP contribution is -2.13. The van der Waals surface area contributed by atoms with Crippen LogP contribution in [0.5, 0.6) is 0 Å². The highest BCUT2D eigenvalue weighted by Crippen LogP contribution is 2.29. The van der Waals surface area contributed by atoms with Crippen molar-refractivity contribution >= 4 is 51.4 Å². The van der Waals surface area contributed by atoms with Crippen molar-refractivity contribution in [2.45, 2.75) is 10.1 Å². The van der Waals surface area contributed by atoms with Gasteiger partial charge in [0, 0.05) is 16.8 Å². The lowest BCUT2D eigenvalue weighted by Gasteiger charge is -2.03. The van der Waals surface area contributed by atoms with Gasteiger partial charge in [-0.05, 0) is 29.8 Å². The van der Waals surface area contributed by atoms with Crippen LogP contribution < -0.4 is 5.32 Å². The van der Waals surface area contributed by atoms with E-state index in [2.05, 4.69) is 21.6 Å². The number of anilines is 1. The Labute approximate surface area is 172 Å². The number of nitro benzene ring substituents is 1. The summed E-state index contributed by atoms with van der Waals surface area (Å²) in [6, 6.07) is 13.0. The van der Waals surface area contributed by atoms with Gasteiger partial charge in [-0.15, -0.1) is 10.2 Å². The third kappa shape index (κ3) is 4.83. The summed E-state index contributed by atoms with van der Waals surface area (Å²) in [5.41, 5.74) is 1.10. The fraction of sp³-hybridized carbons (Fsp3) is 0.0588. The molecule has 1 aromatic heterocycles. The minimum absolute atomic E-state index is 0.153. The Morgan fingerprint density at radius 1 is 1.29 bits per heavy atom. The van der Waals surface area contributed by atoms with Crippen LogP contribution in [-0.2, 0) is 5.75 Å². The molecule has 11 heteroatoms. The summed E-state index contributed by atoms with van der Waals surface area (Å²) in [6.07, 6.45) is 0. The summed E-state index contributed by atoms with van der Waals surface area (Å²) in [5, 5.41) is 30.7. The second kappa shape index (κ2) is 8.79. The quantitative estimate of drug-likeness (QED) is 0.263. The van der Waals surface area contributed by atoms with E-state index < -0.39 is 10.8 Å². The third-order valence-corrected chi connectivity index (χ3v) is 5.75. The number of hydrogen-bond acceptors (Lipinski definition) is 8. The fourth-order valence-electron chi connectivity index (χ4n) is 2.15. The minimum atomic E-state index is -0.686. The molecule has 1 amide bonds. The van der Waals surface area contributed by atoms with E-state index >= 15 is 0 Å². The molecule has 28 heavy (non-hydrogen) atoms. The maximum Gasteiger partial charge on any atom is 0.282 e. The number of amides is 1. The Morgan fingerprint density at radius 3 is 2.71 bits per heavy atom. The average Bonchev–Trinajstić information content (AvgIpc) is 3.13. The second-order valence-corrected chi connectivity index (χ2v) is 7.98. The lowest BCUT2D eigenvalue weighted by molar-refractivity contribution is -0.385. The first-order valence-corrected chi connectivity index (χ1v) is 9.85. The van der Waals surface area contributed by atoms with Gasteiger partial charge < -0.3 is 0 Å². The van der Waals surface area contributed by atoms with Gasteiger partial charge in [0.15, 0.2) is 4.34 Å². The highest BCUT2D eigenvalue weighted by molar-refractivity contribution is 8.00. The predicted octanol–water partition coefficient (Wildman–Crippen LogP) is 4.52. The number of thioether (sulfide) groups is 1. The molecule has 0 radical (unpaired) electrons. The van der Waals surface area contributed by atoms with Gasteiger partial charge in [0.2, 0.25) is 5.13 Å². The van der Waals surface area contributed by atoms with Crippen molar-refractivity contribution in [1.29, 1.82) is 5.26 Å². The summed E-state index contributed by atoms with van der Waals surface area (Å²) in [4.78, 5) is 22.8. The lowest BCUT2D eigenvalue weighted by atomic mass is 10.1. The molecule has 0 aliphatic carbocycles. The first kappa shape index (κ1) is 19.8. The zero-order valence-corrected chi connectivity index (χ0v) is 16.3. The van der Waals surface area contributed by atoms with Gasteiger partial charge in [-0.2, -0.15) is 5.26 Å². The molecule has 0 atom stereocenters. The molecule has 1 N–H and O–H groups in total. The minimum Gasteiger partial charge on any atom is -0.296 e. The number of carbonyl (C=O) groups is 1. The van der Waals surface area contributed by atoms with Crippen molar-refractivity contribution in [1.82, 2.24) is 10.2 Å². The Bertz CT molecular complexity index is 1080. The largest absolute Gasteiger partial charge is 0.296 e. The molecule has 8 nitrogen and oxygen atoms in total. The number of rotatable bonds is 6. The van der Waals surface area contributed by atoms with Crippen LogP contribution in [0.25, 0.3) is 0 Å². The zero-order chi connectivity index (χ0) is 20.1. The van der Waals surface area contributed by atoms with E-state index in [9.17, 15) is 14.9 Å². The smallest absolute Gasteiger partial charge is 0.282 e. The van der Waals surface area contributed by atoms with Crippen molar-refractivity contribution in [2.75, 3.05) is 5.32 Å². The van der Waals surface area contributed by atoms with Crippen LogP contribution in [-0.4, -0.2) is 21.0 Å². The maximum atomic E-state index is 12.4. The predicted molar refractivity (Wildman–Crippen MR) is 107 cm³/mol. The van der Waals surface area contributed by atoms with Crippen molar-refractivity contribution in [3.05, 3.63) is 74.3 Å². The number of nitrogens with zero attached hydrogens (tertiary/aromatic N) is 4. The molecule has 0 aliphatic rings. The number of nitriles is 1. The molecule has 0 saturated carbocycles. The van der Waals surface area contributed by atoms with E-state index in [1.165, 1.54) is 30.0 Å². The number of nitrogens with one attached hydrogen (secondary N) is 1. The van der Waals surface area contributed by atoms with Gasteiger partial charge in [0.05, 0.1) is 16.6 Å². The SMILES string of the molecule is N#Cc1ccc(CSc2nnc(NC(=O)c3cc(Cl)ccc3[N+](=O)[O-])s2)cc1. The van der Waals surface area contributed by atoms with Gasteiger partial charge in [0.1, 0.15) is 5.56 Å². The summed E-state index contributed by atoms with van der Waals surface area (Å²) in [7, 11) is 0. The Balaban J connectivity index is 1.66. The molecular formula is C17H10ClN5O3S2. The molecule has 3 aromatic rings. The Morgan fingerprint density at radius 2 is 2.04 bits per heavy atom. The topological polar surface area (TPSA) is 122 Å². The number of aromatic nitrogens is 2. The molecule has 140 valence electrons. The van der Waals surface area contributed by atoms with Crippen LogP contribution in [0.4, 0.5) is 10.8 Å². The molecule has 0 fully saturated rings. The standard InChI is InChI=1S/C17H10ClN5O3S2/c18-12-5-6-14(23(25)26)13(7-12)15(24)20-16-21-22-17(28-16)27-9-11-3-1-10(8-19)2-4-11/h1-7H,9H2,(H,20,21,24). The Kier molecular flexibility index (Phi) is 6.20. The van der Waals surface area contributed by atoms with Gasteiger partial charge in [-0.1, -0.05) is 46.8 Å². The summed E-state index contributed by atoms with van der Waals surface area (Å²) in [5.74, 6) is -0.0670. The van der Waals surface area contributed by atoms with E-state index in [1.807, 2.05) is 12.1 Å². The zero-order valence-electron chi connectivity index (χ0n) is 14.0. The van der Waals surface area contributed by atoms with Crippen LogP contribution in [0.15, 0.2) is 46.8 Å². The molecule has 0 bridgehead atoms. The van der Waals surface area contributed by atoms with Crippen LogP contribution in [0.3, 0.4) is 0 Å². The van der Waals surface area contributed by atoms with Gasteiger partial charge >= 0.3 is 0 Å². The van der Waals surface area contributed by atoms with Crippen LogP contribution >= 0.6 is 34.7 Å². The number of halogens is 1. The van der Waals surface area contributed by atoms with Gasteiger partial charge in [-0.25, -0.2) is 0 Å². The van der Waals surface area contributed by atoms with E-state index in [0.717, 1.165) is 16.9 Å². The normalized spacial score (nSPS) is 10.3. The van der Waals surface area contributed by atoms with Crippen molar-refractivity contribution in [2.24, 2.45) is 0 Å². The van der Waals surface area contributed by atoms with Gasteiger partial charge in [-0.3, -0.25) is 20.2 Å². The van der Waals surface area contributed by atoms with E-state index in [1.54, 1.807) is 12.1 Å². The molecule has 1 heterocycles. The second-order valence-electron chi connectivity index (χ2n) is 5.34. The number of carbonyl (C=O) groups excluding carboxylic acids is 1. The first-order valence-electron chi connectivity index (χ1n) is 7.67. The molecule has 3 rings (SSSR count). The highest BCUT2D eigenvalue weighted by Gasteiger charge is 2.21. The van der Waals surface area contributed by atoms with E-state index in [0.29, 0.717) is 15.7 Å². The number of nitro groups is 1. The number of hydrogen-bond donors (Lipinski definition) is 1. The van der Waals surface area contributed by atoms with Crippen molar-refractivity contribution in [3.8, 4) is 6.07 Å². The molecule has 0 unspecified atom stereocenters. The molecular weight excluding hydrogens is 422 g/mol. The molecule has 0 aliphatic heterocycles.